The SMILES string of the molecule is C[n+]1c2ccc(OC[C@H](O/N=C(\C(=O)N[C@@H]3C(=O)N(OS(=O)(=O)O)C3(C)C)c3csc(NC(=O)OC(C)(C)C)n3)C(=O)OC(C)(C)C)cc2cn1CC(CNC(=O)OC(C)(C)C)CNC(=O)OC(C)(C)C. The zero-order chi connectivity index (χ0) is 53.7. The van der Waals surface area contributed by atoms with E-state index in [1.165, 1.54) is 19.2 Å². The zero-order valence-electron chi connectivity index (χ0n) is 42.6. The van der Waals surface area contributed by atoms with E-state index in [0.29, 0.717) is 17.0 Å². The quantitative estimate of drug-likeness (QED) is 0.0226. The van der Waals surface area contributed by atoms with Crippen LogP contribution >= 0.6 is 11.3 Å². The lowest BCUT2D eigenvalue weighted by molar-refractivity contribution is -0.731. The second kappa shape index (κ2) is 22.0. The number of carbonyl (C=O) groups excluding carboxylic acids is 6. The summed E-state index contributed by atoms with van der Waals surface area (Å²) < 4.78 is 68.0. The molecule has 3 heterocycles. The minimum absolute atomic E-state index is 0.0300. The van der Waals surface area contributed by atoms with Gasteiger partial charge in [-0.25, -0.2) is 24.2 Å². The Labute approximate surface area is 416 Å². The molecule has 71 heavy (non-hydrogen) atoms. The van der Waals surface area contributed by atoms with E-state index < -0.39 is 98.9 Å². The smallest absolute Gasteiger partial charge is 0.418 e. The summed E-state index contributed by atoms with van der Waals surface area (Å²) in [7, 11) is -3.29. The van der Waals surface area contributed by atoms with Crippen molar-refractivity contribution in [3.8, 4) is 5.75 Å². The van der Waals surface area contributed by atoms with E-state index in [1.54, 1.807) is 101 Å². The van der Waals surface area contributed by atoms with E-state index in [-0.39, 0.29) is 35.6 Å². The van der Waals surface area contributed by atoms with Gasteiger partial charge in [0.2, 0.25) is 5.52 Å². The van der Waals surface area contributed by atoms with Gasteiger partial charge >= 0.3 is 34.6 Å². The fourth-order valence-electron chi connectivity index (χ4n) is 6.38. The molecule has 5 amide bonds. The van der Waals surface area contributed by atoms with Crippen molar-refractivity contribution in [2.24, 2.45) is 18.1 Å². The number of esters is 1. The Balaban J connectivity index is 1.62. The average molecular weight is 1040 g/mol. The summed E-state index contributed by atoms with van der Waals surface area (Å²) in [6.45, 7) is 23.1. The Morgan fingerprint density at radius 3 is 1.94 bits per heavy atom. The second-order valence-electron chi connectivity index (χ2n) is 20.9. The normalized spacial score (nSPS) is 15.8. The van der Waals surface area contributed by atoms with Crippen LogP contribution in [-0.4, -0.2) is 129 Å². The molecule has 0 bridgehead atoms. The lowest BCUT2D eigenvalue weighted by Crippen LogP contribution is -2.76. The van der Waals surface area contributed by atoms with Crippen LogP contribution in [-0.2, 0) is 66.4 Å². The van der Waals surface area contributed by atoms with Crippen LogP contribution in [0.1, 0.15) is 103 Å². The Morgan fingerprint density at radius 2 is 1.42 bits per heavy atom. The lowest BCUT2D eigenvalue weighted by Gasteiger charge is -2.50. The highest BCUT2D eigenvalue weighted by Gasteiger charge is 2.58. The minimum Gasteiger partial charge on any atom is -0.489 e. The van der Waals surface area contributed by atoms with E-state index in [2.05, 4.69) is 35.7 Å². The van der Waals surface area contributed by atoms with E-state index >= 15 is 0 Å². The van der Waals surface area contributed by atoms with Gasteiger partial charge < -0.3 is 44.5 Å². The predicted molar refractivity (Wildman–Crippen MR) is 255 cm³/mol. The Morgan fingerprint density at radius 1 is 0.873 bits per heavy atom. The maximum Gasteiger partial charge on any atom is 0.418 e. The third kappa shape index (κ3) is 17.8. The number of aryl methyl sites for hydroxylation is 1. The highest BCUT2D eigenvalue weighted by Crippen LogP contribution is 2.33. The molecule has 0 saturated carbocycles. The molecule has 1 aromatic carbocycles. The molecule has 0 unspecified atom stereocenters. The van der Waals surface area contributed by atoms with E-state index in [0.717, 1.165) is 16.9 Å². The number of nitrogens with zero attached hydrogens (tertiary/aromatic N) is 5. The van der Waals surface area contributed by atoms with Gasteiger partial charge in [-0.05, 0) is 109 Å². The largest absolute Gasteiger partial charge is 0.489 e. The van der Waals surface area contributed by atoms with E-state index in [9.17, 15) is 41.7 Å². The van der Waals surface area contributed by atoms with Gasteiger partial charge in [-0.15, -0.1) is 20.3 Å². The number of ether oxygens (including phenoxy) is 5. The molecule has 1 fully saturated rings. The number of amides is 5. The summed E-state index contributed by atoms with van der Waals surface area (Å²) in [5.41, 5.74) is -4.88. The van der Waals surface area contributed by atoms with Crippen molar-refractivity contribution in [2.45, 2.75) is 144 Å². The molecule has 1 aliphatic heterocycles. The number of rotatable bonds is 18. The van der Waals surface area contributed by atoms with Crippen molar-refractivity contribution in [1.82, 2.24) is 30.7 Å². The maximum atomic E-state index is 14.0. The average Bonchev–Trinajstić information content (AvgIpc) is 3.77. The van der Waals surface area contributed by atoms with Crippen LogP contribution in [0.2, 0.25) is 0 Å². The molecule has 25 nitrogen and oxygen atoms in total. The number of β-lactam (4-membered cyclic amide) rings is 1. The van der Waals surface area contributed by atoms with Gasteiger partial charge in [0.05, 0.1) is 23.7 Å². The number of oxime groups is 1. The molecule has 3 aromatic rings. The molecule has 394 valence electrons. The van der Waals surface area contributed by atoms with Crippen molar-refractivity contribution in [1.29, 1.82) is 0 Å². The first-order valence-electron chi connectivity index (χ1n) is 22.2. The standard InChI is InChI=1S/C44H65N9O16S2/c1-40(2,3)64-35(56)30(68-50-31(28-24-70-36(47-28)49-39(59)67-43(10,11)12)33(54)48-32-34(55)53(44(32,13)14)69-71(60,61)62)23-63-27-16-17-29-26(18-27)22-52(51(29)15)21-25(19-45-37(57)65-41(4,5)6)20-46-38(58)66-42(7,8)9/h16-18,22,24-25,30,32H,19-21,23H2,1-15H3,(H4-,45,46,47,48,49,54,57,58,59,60,61,62)/p+1/b50-31-/t30-,32+/m0/s1. The van der Waals surface area contributed by atoms with Crippen LogP contribution in [0.4, 0.5) is 19.5 Å². The highest BCUT2D eigenvalue weighted by molar-refractivity contribution is 7.80. The van der Waals surface area contributed by atoms with Gasteiger partial charge in [-0.1, -0.05) is 5.16 Å². The number of benzene rings is 1. The highest BCUT2D eigenvalue weighted by atomic mass is 32.3. The third-order valence-electron chi connectivity index (χ3n) is 9.37. The van der Waals surface area contributed by atoms with Crippen LogP contribution in [0.3, 0.4) is 0 Å². The maximum absolute atomic E-state index is 14.0. The van der Waals surface area contributed by atoms with Gasteiger partial charge in [0.15, 0.2) is 17.9 Å². The summed E-state index contributed by atoms with van der Waals surface area (Å²) in [4.78, 5) is 88.3. The molecule has 0 radical (unpaired) electrons. The molecule has 5 N–H and O–H groups in total. The fraction of sp³-hybridized carbons (Fsp3) is 0.614. The topological polar surface area (TPSA) is 307 Å². The monoisotopic (exact) mass is 1040 g/mol. The number of hydrogen-bond donors (Lipinski definition) is 5. The third-order valence-corrected chi connectivity index (χ3v) is 10.5. The van der Waals surface area contributed by atoms with Crippen molar-refractivity contribution in [3.05, 3.63) is 35.5 Å². The Kier molecular flexibility index (Phi) is 17.7. The van der Waals surface area contributed by atoms with E-state index in [1.807, 2.05) is 22.6 Å². The predicted octanol–water partition coefficient (Wildman–Crippen LogP) is 4.28. The summed E-state index contributed by atoms with van der Waals surface area (Å²) in [5, 5.41) is 16.8. The number of aromatic nitrogens is 3. The number of thiazole rings is 1. The van der Waals surface area contributed by atoms with Crippen molar-refractivity contribution < 1.29 is 79.2 Å². The second-order valence-corrected chi connectivity index (χ2v) is 22.7. The van der Waals surface area contributed by atoms with Crippen LogP contribution in [0.25, 0.3) is 10.9 Å². The molecule has 1 saturated heterocycles. The number of fused-ring (bicyclic) bond motifs is 1. The number of hydrogen-bond acceptors (Lipinski definition) is 18. The number of carbonyl (C=O) groups is 6. The van der Waals surface area contributed by atoms with Gasteiger partial charge in [0.25, 0.3) is 17.9 Å². The van der Waals surface area contributed by atoms with Crippen LogP contribution in [0.15, 0.2) is 34.9 Å². The lowest BCUT2D eigenvalue weighted by atomic mass is 9.84. The first-order valence-corrected chi connectivity index (χ1v) is 24.4. The first-order chi connectivity index (χ1) is 32.4. The van der Waals surface area contributed by atoms with Crippen LogP contribution in [0.5, 0.6) is 5.75 Å². The fourth-order valence-corrected chi connectivity index (χ4v) is 7.52. The van der Waals surface area contributed by atoms with Gasteiger partial charge in [0, 0.05) is 30.5 Å². The molecule has 0 aliphatic carbocycles. The van der Waals surface area contributed by atoms with Crippen LogP contribution in [0, 0.1) is 5.92 Å². The van der Waals surface area contributed by atoms with Crippen molar-refractivity contribution >= 4 is 79.5 Å². The first kappa shape index (κ1) is 57.3. The number of hydroxylamine groups is 2. The number of anilines is 1. The Bertz CT molecular complexity index is 2570. The van der Waals surface area contributed by atoms with E-state index in [4.69, 9.17) is 28.5 Å². The molecular formula is C44H66N9O16S2+. The summed E-state index contributed by atoms with van der Waals surface area (Å²) in [6.07, 6.45) is -1.90. The van der Waals surface area contributed by atoms with Crippen LogP contribution < -0.4 is 30.7 Å². The number of alkyl carbamates (subject to hydrolysis) is 2. The molecular weight excluding hydrogens is 975 g/mol. The molecule has 0 spiro atoms. The van der Waals surface area contributed by atoms with Crippen molar-refractivity contribution in [2.75, 3.05) is 25.0 Å². The minimum atomic E-state index is -5.11. The molecule has 2 aromatic heterocycles. The summed E-state index contributed by atoms with van der Waals surface area (Å²) in [6, 6.07) is 3.70. The van der Waals surface area contributed by atoms with Gasteiger partial charge in [-0.2, -0.15) is 18.2 Å². The molecule has 1 aliphatic rings. The number of nitrogens with one attached hydrogen (secondary N) is 4. The molecule has 4 rings (SSSR count). The van der Waals surface area contributed by atoms with Gasteiger partial charge in [-0.3, -0.25) is 19.5 Å². The van der Waals surface area contributed by atoms with Gasteiger partial charge in [0.1, 0.15) is 46.5 Å². The summed E-state index contributed by atoms with van der Waals surface area (Å²) >= 11 is 0.876. The molecule has 2 atom stereocenters. The zero-order valence-corrected chi connectivity index (χ0v) is 44.2. The summed E-state index contributed by atoms with van der Waals surface area (Å²) in [5.74, 6) is -3.14. The Hall–Kier alpha value is -6.32. The van der Waals surface area contributed by atoms with Crippen molar-refractivity contribution in [3.63, 3.8) is 0 Å². The molecule has 27 heteroatoms.